The maximum atomic E-state index is 12.0. The van der Waals surface area contributed by atoms with Gasteiger partial charge < -0.3 is 15.0 Å². The van der Waals surface area contributed by atoms with E-state index in [1.807, 2.05) is 27.7 Å². The number of imidazole rings is 1. The first-order valence-corrected chi connectivity index (χ1v) is 11.9. The molecule has 0 aliphatic heterocycles. The molecule has 0 amide bonds. The predicted octanol–water partition coefficient (Wildman–Crippen LogP) is 3.72. The smallest absolute Gasteiger partial charge is 0.151 e. The maximum absolute atomic E-state index is 12.0. The Kier molecular flexibility index (Phi) is 7.83. The summed E-state index contributed by atoms with van der Waals surface area (Å²) in [4.78, 5) is 9.11. The highest BCUT2D eigenvalue weighted by Gasteiger charge is 2.21. The van der Waals surface area contributed by atoms with E-state index in [1.54, 1.807) is 7.11 Å². The van der Waals surface area contributed by atoms with Crippen LogP contribution in [0.15, 0.2) is 0 Å². The molecule has 1 unspecified atom stereocenters. The average Bonchev–Trinajstić information content (AvgIpc) is 3.04. The summed E-state index contributed by atoms with van der Waals surface area (Å²) in [6.45, 7) is 8.70. The lowest BCUT2D eigenvalue weighted by atomic mass is 10.2. The Morgan fingerprint density at radius 3 is 2.43 bits per heavy atom. The van der Waals surface area contributed by atoms with E-state index in [4.69, 9.17) is 15.5 Å². The zero-order chi connectivity index (χ0) is 20.9. The van der Waals surface area contributed by atoms with Crippen LogP contribution in [0.2, 0.25) is 0 Å². The van der Waals surface area contributed by atoms with Crippen molar-refractivity contribution in [1.82, 2.24) is 14.5 Å². The van der Waals surface area contributed by atoms with Crippen LogP contribution >= 0.6 is 0 Å². The molecule has 2 aromatic heterocycles. The van der Waals surface area contributed by atoms with E-state index < -0.39 is 9.84 Å². The average molecular weight is 411 g/mol. The molecule has 7 nitrogen and oxygen atoms in total. The van der Waals surface area contributed by atoms with E-state index in [0.29, 0.717) is 23.5 Å². The van der Waals surface area contributed by atoms with Gasteiger partial charge in [-0.05, 0) is 45.6 Å². The number of nitrogen functional groups attached to an aromatic ring is 1. The summed E-state index contributed by atoms with van der Waals surface area (Å²) in [5, 5.41) is 0. The molecule has 1 atom stereocenters. The van der Waals surface area contributed by atoms with Crippen molar-refractivity contribution in [1.29, 1.82) is 0 Å². The van der Waals surface area contributed by atoms with E-state index in [-0.39, 0.29) is 11.9 Å². The number of methoxy groups -OCH3 is 1. The normalized spacial score (nSPS) is 13.3. The highest BCUT2D eigenvalue weighted by molar-refractivity contribution is 7.91. The number of pyridine rings is 1. The van der Waals surface area contributed by atoms with E-state index in [2.05, 4.69) is 9.55 Å². The molecular weight excluding hydrogens is 376 g/mol. The highest BCUT2D eigenvalue weighted by Crippen LogP contribution is 2.29. The van der Waals surface area contributed by atoms with Gasteiger partial charge in [0.15, 0.2) is 5.82 Å². The van der Waals surface area contributed by atoms with Crippen molar-refractivity contribution in [3.05, 3.63) is 17.1 Å². The molecule has 0 radical (unpaired) electrons. The zero-order valence-electron chi connectivity index (χ0n) is 17.8. The lowest BCUT2D eigenvalue weighted by molar-refractivity contribution is 0.109. The van der Waals surface area contributed by atoms with Crippen molar-refractivity contribution >= 4 is 26.7 Å². The third-order valence-corrected chi connectivity index (χ3v) is 7.11. The summed E-state index contributed by atoms with van der Waals surface area (Å²) < 4.78 is 31.7. The molecule has 0 aliphatic rings. The van der Waals surface area contributed by atoms with Gasteiger partial charge in [-0.25, -0.2) is 18.4 Å². The van der Waals surface area contributed by atoms with Gasteiger partial charge in [-0.3, -0.25) is 0 Å². The van der Waals surface area contributed by atoms with Crippen molar-refractivity contribution < 1.29 is 13.2 Å². The number of nitrogens with zero attached hydrogens (tertiary/aromatic N) is 3. The molecule has 0 aliphatic carbocycles. The van der Waals surface area contributed by atoms with Gasteiger partial charge in [0.25, 0.3) is 0 Å². The quantitative estimate of drug-likeness (QED) is 0.567. The van der Waals surface area contributed by atoms with Gasteiger partial charge in [-0.1, -0.05) is 19.8 Å². The number of hydrogen-bond donors (Lipinski definition) is 1. The number of fused-ring (bicyclic) bond motifs is 1. The van der Waals surface area contributed by atoms with Crippen molar-refractivity contribution in [3.63, 3.8) is 0 Å². The maximum Gasteiger partial charge on any atom is 0.151 e. The molecule has 2 heterocycles. The highest BCUT2D eigenvalue weighted by atomic mass is 32.2. The van der Waals surface area contributed by atoms with Crippen LogP contribution in [0.25, 0.3) is 11.0 Å². The monoisotopic (exact) mass is 410 g/mol. The Bertz CT molecular complexity index is 906. The molecule has 2 aromatic rings. The Morgan fingerprint density at radius 1 is 1.11 bits per heavy atom. The van der Waals surface area contributed by atoms with Crippen LogP contribution in [-0.2, 0) is 21.1 Å². The van der Waals surface area contributed by atoms with E-state index >= 15 is 0 Å². The van der Waals surface area contributed by atoms with Crippen molar-refractivity contribution in [2.75, 3.05) is 24.3 Å². The number of nitrogens with two attached hydrogens (primary N) is 1. The minimum atomic E-state index is -2.92. The molecule has 0 fully saturated rings. The zero-order valence-corrected chi connectivity index (χ0v) is 18.6. The fraction of sp³-hybridized carbons (Fsp3) is 0.700. The van der Waals surface area contributed by atoms with Gasteiger partial charge >= 0.3 is 0 Å². The number of aromatic nitrogens is 3. The van der Waals surface area contributed by atoms with Gasteiger partial charge in [0.05, 0.1) is 17.0 Å². The number of sulfone groups is 1. The number of unbranched alkanes of at least 4 members (excludes halogenated alkanes) is 3. The van der Waals surface area contributed by atoms with Gasteiger partial charge in [-0.2, -0.15) is 0 Å². The first kappa shape index (κ1) is 22.6. The molecule has 2 rings (SSSR count). The predicted molar refractivity (Wildman–Crippen MR) is 114 cm³/mol. The van der Waals surface area contributed by atoms with Gasteiger partial charge in [0, 0.05) is 19.3 Å². The lowest BCUT2D eigenvalue weighted by Gasteiger charge is -2.15. The molecule has 0 spiro atoms. The molecule has 28 heavy (non-hydrogen) atoms. The molecule has 158 valence electrons. The lowest BCUT2D eigenvalue weighted by Crippen LogP contribution is -2.12. The molecule has 0 saturated heterocycles. The molecule has 0 aromatic carbocycles. The van der Waals surface area contributed by atoms with Gasteiger partial charge in [0.1, 0.15) is 27.3 Å². The van der Waals surface area contributed by atoms with Gasteiger partial charge in [-0.15, -0.1) is 0 Å². The second-order valence-corrected chi connectivity index (χ2v) is 9.77. The van der Waals surface area contributed by atoms with Crippen molar-refractivity contribution in [3.8, 4) is 0 Å². The van der Waals surface area contributed by atoms with Crippen molar-refractivity contribution in [2.45, 2.75) is 72.4 Å². The topological polar surface area (TPSA) is 100 Å². The molecular formula is C20H34N4O3S. The second kappa shape index (κ2) is 9.69. The first-order valence-electron chi connectivity index (χ1n) is 10.1. The summed E-state index contributed by atoms with van der Waals surface area (Å²) >= 11 is 0. The summed E-state index contributed by atoms with van der Waals surface area (Å²) in [6.07, 6.45) is 3.90. The Labute approximate surface area is 168 Å². The van der Waals surface area contributed by atoms with Crippen LogP contribution in [0, 0.1) is 13.8 Å². The van der Waals surface area contributed by atoms with Crippen LogP contribution in [0.3, 0.4) is 0 Å². The molecule has 8 heteroatoms. The SMILES string of the molecule is CCCCS(=O)(=O)CCCCCn1c(C(C)OC)nc2c(N)nc(C)c(C)c21. The summed E-state index contributed by atoms with van der Waals surface area (Å²) in [7, 11) is -1.26. The van der Waals surface area contributed by atoms with Crippen LogP contribution < -0.4 is 5.73 Å². The molecule has 0 saturated carbocycles. The summed E-state index contributed by atoms with van der Waals surface area (Å²) in [6, 6.07) is 0. The number of rotatable bonds is 11. The third-order valence-electron chi connectivity index (χ3n) is 5.29. The standard InChI is InChI=1S/C20H34N4O3S/c1-6-7-12-28(25,26)13-10-8-9-11-24-18-14(2)15(3)22-19(21)17(18)23-20(24)16(4)27-5/h16H,6-13H2,1-5H3,(H2,21,22). The number of aryl methyl sites for hydroxylation is 3. The summed E-state index contributed by atoms with van der Waals surface area (Å²) in [5.41, 5.74) is 9.79. The van der Waals surface area contributed by atoms with Crippen LogP contribution in [0.5, 0.6) is 0 Å². The van der Waals surface area contributed by atoms with Gasteiger partial charge in [0.2, 0.25) is 0 Å². The Balaban J connectivity index is 2.15. The van der Waals surface area contributed by atoms with E-state index in [1.165, 1.54) is 0 Å². The number of ether oxygens (including phenoxy) is 1. The first-order chi connectivity index (χ1) is 13.2. The molecule has 0 bridgehead atoms. The van der Waals surface area contributed by atoms with Crippen molar-refractivity contribution in [2.24, 2.45) is 0 Å². The van der Waals surface area contributed by atoms with E-state index in [0.717, 1.165) is 54.8 Å². The largest absolute Gasteiger partial charge is 0.382 e. The number of anilines is 1. The third kappa shape index (κ3) is 5.23. The second-order valence-electron chi connectivity index (χ2n) is 7.47. The van der Waals surface area contributed by atoms with Crippen LogP contribution in [0.4, 0.5) is 5.82 Å². The number of hydrogen-bond acceptors (Lipinski definition) is 6. The molecule has 2 N–H and O–H groups in total. The Hall–Kier alpha value is -1.67. The van der Waals surface area contributed by atoms with E-state index in [9.17, 15) is 8.42 Å². The fourth-order valence-corrected chi connectivity index (χ4v) is 4.97. The minimum Gasteiger partial charge on any atom is -0.382 e. The van der Waals surface area contributed by atoms with Crippen LogP contribution in [0.1, 0.15) is 69.1 Å². The minimum absolute atomic E-state index is 0.166. The Morgan fingerprint density at radius 2 is 1.79 bits per heavy atom. The summed E-state index contributed by atoms with van der Waals surface area (Å²) in [5.74, 6) is 1.84. The fourth-order valence-electron chi connectivity index (χ4n) is 3.39. The van der Waals surface area contributed by atoms with Crippen LogP contribution in [-0.4, -0.2) is 41.6 Å².